The van der Waals surface area contributed by atoms with Crippen LogP contribution in [-0.2, 0) is 11.3 Å². The molecule has 0 aromatic carbocycles. The third kappa shape index (κ3) is 4.25. The van der Waals surface area contributed by atoms with Crippen molar-refractivity contribution in [1.29, 1.82) is 0 Å². The van der Waals surface area contributed by atoms with Crippen molar-refractivity contribution in [3.63, 3.8) is 0 Å². The van der Waals surface area contributed by atoms with Crippen molar-refractivity contribution in [3.05, 3.63) is 36.3 Å². The van der Waals surface area contributed by atoms with Gasteiger partial charge >= 0.3 is 0 Å². The molecule has 0 aliphatic rings. The van der Waals surface area contributed by atoms with Gasteiger partial charge in [-0.1, -0.05) is 13.5 Å². The Balaban J connectivity index is 2.06. The van der Waals surface area contributed by atoms with E-state index in [-0.39, 0.29) is 0 Å². The third-order valence-corrected chi connectivity index (χ3v) is 1.76. The molecule has 0 bridgehead atoms. The van der Waals surface area contributed by atoms with E-state index in [1.807, 2.05) is 12.1 Å². The fourth-order valence-electron chi connectivity index (χ4n) is 1.04. The van der Waals surface area contributed by atoms with Crippen LogP contribution in [0.2, 0.25) is 0 Å². The zero-order valence-electron chi connectivity index (χ0n) is 8.58. The van der Waals surface area contributed by atoms with E-state index in [4.69, 9.17) is 9.15 Å². The van der Waals surface area contributed by atoms with Crippen LogP contribution in [0, 0.1) is 0 Å². The molecule has 0 fully saturated rings. The van der Waals surface area contributed by atoms with Crippen LogP contribution >= 0.6 is 0 Å². The Morgan fingerprint density at radius 1 is 1.64 bits per heavy atom. The molecular weight excluding hydrogens is 178 g/mol. The molecule has 0 aliphatic carbocycles. The zero-order valence-corrected chi connectivity index (χ0v) is 8.58. The predicted octanol–water partition coefficient (Wildman–Crippen LogP) is 1.96. The maximum absolute atomic E-state index is 5.40. The quantitative estimate of drug-likeness (QED) is 0.675. The fraction of sp³-hybridized carbons (Fsp3) is 0.455. The highest BCUT2D eigenvalue weighted by molar-refractivity contribution is 4.99. The van der Waals surface area contributed by atoms with Crippen molar-refractivity contribution in [2.75, 3.05) is 19.7 Å². The van der Waals surface area contributed by atoms with E-state index in [9.17, 15) is 0 Å². The summed E-state index contributed by atoms with van der Waals surface area (Å²) in [6, 6.07) is 3.75. The number of likely N-dealkylation sites (N-methyl/N-ethyl adjacent to an activating group) is 1. The Hall–Kier alpha value is -1.06. The van der Waals surface area contributed by atoms with Gasteiger partial charge in [-0.3, -0.25) is 0 Å². The number of furan rings is 1. The van der Waals surface area contributed by atoms with Gasteiger partial charge in [0.05, 0.1) is 12.9 Å². The third-order valence-electron chi connectivity index (χ3n) is 1.76. The Bertz CT molecular complexity index is 254. The highest BCUT2D eigenvalue weighted by atomic mass is 16.5. The summed E-state index contributed by atoms with van der Waals surface area (Å²) in [6.07, 6.45) is 1.64. The normalized spacial score (nSPS) is 10.4. The minimum Gasteiger partial charge on any atom is -0.467 e. The molecule has 0 amide bonds. The van der Waals surface area contributed by atoms with E-state index >= 15 is 0 Å². The first kappa shape index (κ1) is 11.0. The average Bonchev–Trinajstić information content (AvgIpc) is 2.67. The largest absolute Gasteiger partial charge is 0.467 e. The lowest BCUT2D eigenvalue weighted by atomic mass is 10.3. The van der Waals surface area contributed by atoms with Gasteiger partial charge in [-0.2, -0.15) is 0 Å². The van der Waals surface area contributed by atoms with Gasteiger partial charge in [0.1, 0.15) is 12.4 Å². The molecule has 1 aromatic heterocycles. The van der Waals surface area contributed by atoms with Crippen molar-refractivity contribution in [2.24, 2.45) is 0 Å². The van der Waals surface area contributed by atoms with Crippen LogP contribution in [0.4, 0.5) is 0 Å². The molecule has 0 saturated heterocycles. The number of ether oxygens (including phenoxy) is 1. The topological polar surface area (TPSA) is 34.4 Å². The Morgan fingerprint density at radius 2 is 2.50 bits per heavy atom. The summed E-state index contributed by atoms with van der Waals surface area (Å²) in [5.41, 5.74) is 1.05. The Labute approximate surface area is 84.8 Å². The summed E-state index contributed by atoms with van der Waals surface area (Å²) in [5, 5.41) is 3.19. The Kier molecular flexibility index (Phi) is 5.04. The lowest BCUT2D eigenvalue weighted by Gasteiger charge is -2.06. The van der Waals surface area contributed by atoms with Gasteiger partial charge in [0.15, 0.2) is 0 Å². The molecule has 1 N–H and O–H groups in total. The van der Waals surface area contributed by atoms with E-state index in [2.05, 4.69) is 18.8 Å². The van der Waals surface area contributed by atoms with E-state index < -0.39 is 0 Å². The average molecular weight is 195 g/mol. The molecule has 0 radical (unpaired) electrons. The van der Waals surface area contributed by atoms with Crippen LogP contribution in [0.5, 0.6) is 0 Å². The Morgan fingerprint density at radius 3 is 3.14 bits per heavy atom. The molecule has 0 saturated carbocycles. The lowest BCUT2D eigenvalue weighted by Crippen LogP contribution is -2.17. The van der Waals surface area contributed by atoms with Gasteiger partial charge < -0.3 is 14.5 Å². The van der Waals surface area contributed by atoms with Crippen LogP contribution in [-0.4, -0.2) is 19.7 Å². The summed E-state index contributed by atoms with van der Waals surface area (Å²) in [4.78, 5) is 0. The van der Waals surface area contributed by atoms with E-state index in [0.29, 0.717) is 13.2 Å². The summed E-state index contributed by atoms with van der Waals surface area (Å²) < 4.78 is 10.5. The zero-order chi connectivity index (χ0) is 10.2. The molecule has 3 nitrogen and oxygen atoms in total. The van der Waals surface area contributed by atoms with Crippen LogP contribution in [0.25, 0.3) is 0 Å². The minimum absolute atomic E-state index is 0.512. The van der Waals surface area contributed by atoms with E-state index in [1.54, 1.807) is 6.26 Å². The second kappa shape index (κ2) is 6.40. The first-order valence-electron chi connectivity index (χ1n) is 4.80. The standard InChI is InChI=1S/C11H17NO2/c1-3-12-7-10(2)8-13-9-11-5-4-6-14-11/h4-6,12H,2-3,7-9H2,1H3. The van der Waals surface area contributed by atoms with Gasteiger partial charge in [0.25, 0.3) is 0 Å². The highest BCUT2D eigenvalue weighted by Gasteiger charge is 1.97. The van der Waals surface area contributed by atoms with Crippen molar-refractivity contribution in [1.82, 2.24) is 5.32 Å². The summed E-state index contributed by atoms with van der Waals surface area (Å²) >= 11 is 0. The molecule has 0 atom stereocenters. The molecule has 0 aliphatic heterocycles. The maximum atomic E-state index is 5.40. The van der Waals surface area contributed by atoms with E-state index in [0.717, 1.165) is 24.4 Å². The summed E-state index contributed by atoms with van der Waals surface area (Å²) in [7, 11) is 0. The maximum Gasteiger partial charge on any atom is 0.129 e. The van der Waals surface area contributed by atoms with Crippen LogP contribution < -0.4 is 5.32 Å². The van der Waals surface area contributed by atoms with Crippen molar-refractivity contribution in [3.8, 4) is 0 Å². The first-order chi connectivity index (χ1) is 6.83. The van der Waals surface area contributed by atoms with Crippen molar-refractivity contribution in [2.45, 2.75) is 13.5 Å². The van der Waals surface area contributed by atoms with Crippen molar-refractivity contribution < 1.29 is 9.15 Å². The monoisotopic (exact) mass is 195 g/mol. The van der Waals surface area contributed by atoms with Gasteiger partial charge in [0, 0.05) is 6.54 Å². The van der Waals surface area contributed by atoms with E-state index in [1.165, 1.54) is 0 Å². The number of hydrogen-bond donors (Lipinski definition) is 1. The number of rotatable bonds is 7. The molecule has 1 rings (SSSR count). The second-order valence-corrected chi connectivity index (χ2v) is 3.10. The van der Waals surface area contributed by atoms with Crippen LogP contribution in [0.1, 0.15) is 12.7 Å². The molecule has 1 aromatic rings. The minimum atomic E-state index is 0.512. The molecule has 14 heavy (non-hydrogen) atoms. The van der Waals surface area contributed by atoms with Crippen LogP contribution in [0.3, 0.4) is 0 Å². The summed E-state index contributed by atoms with van der Waals surface area (Å²) in [6.45, 7) is 8.82. The van der Waals surface area contributed by atoms with Crippen LogP contribution in [0.15, 0.2) is 35.0 Å². The lowest BCUT2D eigenvalue weighted by molar-refractivity contribution is 0.125. The summed E-state index contributed by atoms with van der Waals surface area (Å²) in [5.74, 6) is 0.848. The molecule has 1 heterocycles. The number of hydrogen-bond acceptors (Lipinski definition) is 3. The molecule has 78 valence electrons. The van der Waals surface area contributed by atoms with Gasteiger partial charge in [-0.15, -0.1) is 0 Å². The van der Waals surface area contributed by atoms with Gasteiger partial charge in [0.2, 0.25) is 0 Å². The molecule has 0 spiro atoms. The smallest absolute Gasteiger partial charge is 0.129 e. The molecular formula is C11H17NO2. The number of nitrogens with one attached hydrogen (secondary N) is 1. The first-order valence-corrected chi connectivity index (χ1v) is 4.80. The second-order valence-electron chi connectivity index (χ2n) is 3.10. The molecule has 3 heteroatoms. The van der Waals surface area contributed by atoms with Gasteiger partial charge in [-0.05, 0) is 24.3 Å². The molecule has 0 unspecified atom stereocenters. The highest BCUT2D eigenvalue weighted by Crippen LogP contribution is 2.02. The SMILES string of the molecule is C=C(CNCC)COCc1ccco1. The fourth-order valence-corrected chi connectivity index (χ4v) is 1.04. The predicted molar refractivity (Wildman–Crippen MR) is 56.0 cm³/mol. The van der Waals surface area contributed by atoms with Crippen molar-refractivity contribution >= 4 is 0 Å². The van der Waals surface area contributed by atoms with Gasteiger partial charge in [-0.25, -0.2) is 0 Å².